The maximum Gasteiger partial charge on any atom is 1.00 e. The molecule has 0 aliphatic heterocycles. The zero-order valence-electron chi connectivity index (χ0n) is 9.04. The maximum atomic E-state index is 12.4. The molecule has 0 aliphatic rings. The molecule has 0 atom stereocenters. The van der Waals surface area contributed by atoms with Crippen molar-refractivity contribution in [2.24, 2.45) is 0 Å². The van der Waals surface area contributed by atoms with Gasteiger partial charge in [0.05, 0.1) is 0 Å². The number of hydrogen-bond acceptors (Lipinski definition) is 2. The van der Waals surface area contributed by atoms with E-state index in [0.717, 1.165) is 10.6 Å². The zero-order chi connectivity index (χ0) is 10.7. The fourth-order valence-corrected chi connectivity index (χ4v) is 3.56. The molecule has 0 aromatic heterocycles. The molecule has 0 spiro atoms. The standard InChI is InChI=1S/C12H11OPS.K/c13-14(15,11-7-3-1-4-8-11)12-9-5-2-6-10-12;/h1-10H,(H,13,15);/q;+1/p-1. The van der Waals surface area contributed by atoms with E-state index >= 15 is 0 Å². The number of rotatable bonds is 2. The predicted molar refractivity (Wildman–Crippen MR) is 66.4 cm³/mol. The van der Waals surface area contributed by atoms with Crippen LogP contribution >= 0.6 is 6.26 Å². The molecule has 0 heterocycles. The van der Waals surface area contributed by atoms with Gasteiger partial charge in [0, 0.05) is 0 Å². The second kappa shape index (κ2) is 6.57. The van der Waals surface area contributed by atoms with Gasteiger partial charge in [-0.2, -0.15) is 0 Å². The first-order chi connectivity index (χ1) is 7.21. The minimum absolute atomic E-state index is 0. The Kier molecular flexibility index (Phi) is 6.06. The summed E-state index contributed by atoms with van der Waals surface area (Å²) in [5.41, 5.74) is 0. The molecule has 76 valence electrons. The van der Waals surface area contributed by atoms with Crippen molar-refractivity contribution in [3.63, 3.8) is 0 Å². The molecule has 0 saturated carbocycles. The molecular weight excluding hydrogens is 262 g/mol. The Balaban J connectivity index is 0.00000128. The third kappa shape index (κ3) is 3.34. The van der Waals surface area contributed by atoms with Gasteiger partial charge in [-0.1, -0.05) is 66.9 Å². The molecule has 4 heteroatoms. The fraction of sp³-hybridized carbons (Fsp3) is 0. The van der Waals surface area contributed by atoms with Gasteiger partial charge in [-0.3, -0.25) is 0 Å². The summed E-state index contributed by atoms with van der Waals surface area (Å²) in [6.45, 7) is 0. The molecule has 0 aliphatic carbocycles. The SMILES string of the molecule is [K+].[O-]P(=S)(c1ccccc1)c1ccccc1. The summed E-state index contributed by atoms with van der Waals surface area (Å²) in [5, 5.41) is 1.46. The van der Waals surface area contributed by atoms with Crippen molar-refractivity contribution < 1.29 is 56.3 Å². The second-order valence-corrected chi connectivity index (χ2v) is 6.90. The van der Waals surface area contributed by atoms with Crippen LogP contribution in [0.5, 0.6) is 0 Å². The van der Waals surface area contributed by atoms with Crippen LogP contribution in [0.2, 0.25) is 0 Å². The molecule has 0 N–H and O–H groups in total. The fourth-order valence-electron chi connectivity index (χ4n) is 1.40. The van der Waals surface area contributed by atoms with Crippen LogP contribution in [0.15, 0.2) is 60.7 Å². The molecule has 1 nitrogen and oxygen atoms in total. The van der Waals surface area contributed by atoms with E-state index in [9.17, 15) is 4.89 Å². The van der Waals surface area contributed by atoms with Gasteiger partial charge in [-0.25, -0.2) is 0 Å². The van der Waals surface area contributed by atoms with Crippen molar-refractivity contribution in [1.82, 2.24) is 0 Å². The molecule has 0 unspecified atom stereocenters. The summed E-state index contributed by atoms with van der Waals surface area (Å²) < 4.78 is 0. The average Bonchev–Trinajstić information content (AvgIpc) is 2.31. The number of hydrogen-bond donors (Lipinski definition) is 0. The van der Waals surface area contributed by atoms with Gasteiger partial charge in [0.15, 0.2) is 0 Å². The van der Waals surface area contributed by atoms with E-state index in [-0.39, 0.29) is 51.4 Å². The largest absolute Gasteiger partial charge is 1.00 e. The van der Waals surface area contributed by atoms with Gasteiger partial charge in [0.25, 0.3) is 0 Å². The number of benzene rings is 2. The Morgan fingerprint density at radius 2 is 1.06 bits per heavy atom. The quantitative estimate of drug-likeness (QED) is 0.485. The van der Waals surface area contributed by atoms with Crippen LogP contribution in [-0.2, 0) is 11.8 Å². The predicted octanol–water partition coefficient (Wildman–Crippen LogP) is -1.60. The van der Waals surface area contributed by atoms with E-state index in [1.54, 1.807) is 0 Å². The maximum absolute atomic E-state index is 12.4. The van der Waals surface area contributed by atoms with Crippen LogP contribution in [-0.4, -0.2) is 0 Å². The van der Waals surface area contributed by atoms with E-state index in [0.29, 0.717) is 0 Å². The molecule has 0 saturated heterocycles. The van der Waals surface area contributed by atoms with Crippen LogP contribution in [0.4, 0.5) is 0 Å². The summed E-state index contributed by atoms with van der Waals surface area (Å²) in [7, 11) is 0. The third-order valence-corrected chi connectivity index (χ3v) is 5.41. The molecule has 16 heavy (non-hydrogen) atoms. The van der Waals surface area contributed by atoms with Gasteiger partial charge in [-0.15, -0.1) is 11.8 Å². The van der Waals surface area contributed by atoms with Crippen LogP contribution in [0.3, 0.4) is 0 Å². The average molecular weight is 272 g/mol. The zero-order valence-corrected chi connectivity index (χ0v) is 13.9. The van der Waals surface area contributed by atoms with Gasteiger partial charge in [0.2, 0.25) is 0 Å². The summed E-state index contributed by atoms with van der Waals surface area (Å²) in [5.74, 6) is 0. The van der Waals surface area contributed by atoms with E-state index in [1.807, 2.05) is 60.7 Å². The van der Waals surface area contributed by atoms with Crippen molar-refractivity contribution in [2.75, 3.05) is 0 Å². The Hall–Kier alpha value is 0.686. The van der Waals surface area contributed by atoms with Crippen LogP contribution < -0.4 is 66.9 Å². The summed E-state index contributed by atoms with van der Waals surface area (Å²) >= 11 is 5.23. The smallest absolute Gasteiger partial charge is 0.814 e. The van der Waals surface area contributed by atoms with Crippen LogP contribution in [0.1, 0.15) is 0 Å². The van der Waals surface area contributed by atoms with Gasteiger partial charge >= 0.3 is 51.4 Å². The van der Waals surface area contributed by atoms with E-state index in [2.05, 4.69) is 0 Å². The van der Waals surface area contributed by atoms with Crippen LogP contribution in [0, 0.1) is 0 Å². The Labute approximate surface area is 143 Å². The van der Waals surface area contributed by atoms with E-state index in [4.69, 9.17) is 11.8 Å². The van der Waals surface area contributed by atoms with Crippen molar-refractivity contribution in [3.8, 4) is 0 Å². The van der Waals surface area contributed by atoms with Gasteiger partial charge in [-0.05, 0) is 10.6 Å². The van der Waals surface area contributed by atoms with Crippen molar-refractivity contribution in [1.29, 1.82) is 0 Å². The van der Waals surface area contributed by atoms with Crippen molar-refractivity contribution in [3.05, 3.63) is 60.7 Å². The molecule has 2 aromatic carbocycles. The summed E-state index contributed by atoms with van der Waals surface area (Å²) in [6.07, 6.45) is -2.81. The monoisotopic (exact) mass is 272 g/mol. The Morgan fingerprint density at radius 3 is 1.38 bits per heavy atom. The molecule has 0 amide bonds. The topological polar surface area (TPSA) is 23.1 Å². The van der Waals surface area contributed by atoms with Crippen molar-refractivity contribution >= 4 is 28.7 Å². The molecular formula is C12H10KOPS. The van der Waals surface area contributed by atoms with E-state index < -0.39 is 6.26 Å². The van der Waals surface area contributed by atoms with Crippen LogP contribution in [0.25, 0.3) is 0 Å². The first-order valence-corrected chi connectivity index (χ1v) is 7.35. The first-order valence-electron chi connectivity index (χ1n) is 4.63. The summed E-state index contributed by atoms with van der Waals surface area (Å²) in [4.78, 5) is 12.4. The minimum atomic E-state index is -2.81. The Bertz CT molecular complexity index is 443. The minimum Gasteiger partial charge on any atom is -0.814 e. The summed E-state index contributed by atoms with van der Waals surface area (Å²) in [6, 6.07) is 18.5. The van der Waals surface area contributed by atoms with Crippen molar-refractivity contribution in [2.45, 2.75) is 0 Å². The third-order valence-electron chi connectivity index (χ3n) is 2.19. The van der Waals surface area contributed by atoms with Gasteiger partial charge < -0.3 is 4.89 Å². The molecule has 2 rings (SSSR count). The second-order valence-electron chi connectivity index (χ2n) is 3.22. The molecule has 0 radical (unpaired) electrons. The normalized spacial score (nSPS) is 10.6. The molecule has 0 fully saturated rings. The molecule has 2 aromatic rings. The molecule has 0 bridgehead atoms. The van der Waals surface area contributed by atoms with E-state index in [1.165, 1.54) is 0 Å². The first kappa shape index (κ1) is 14.7. The van der Waals surface area contributed by atoms with Gasteiger partial charge in [0.1, 0.15) is 0 Å². The Morgan fingerprint density at radius 1 is 0.750 bits per heavy atom.